The van der Waals surface area contributed by atoms with E-state index in [1.165, 1.54) is 6.07 Å². The lowest BCUT2D eigenvalue weighted by Gasteiger charge is -2.34. The fourth-order valence-electron chi connectivity index (χ4n) is 2.99. The highest BCUT2D eigenvalue weighted by molar-refractivity contribution is 5.94. The molecule has 5 nitrogen and oxygen atoms in total. The van der Waals surface area contributed by atoms with Crippen LogP contribution in [0.1, 0.15) is 36.2 Å². The molecule has 2 atom stereocenters. The van der Waals surface area contributed by atoms with Crippen LogP contribution in [0, 0.1) is 18.8 Å². The number of para-hydroxylation sites is 1. The fourth-order valence-corrected chi connectivity index (χ4v) is 2.99. The van der Waals surface area contributed by atoms with Crippen molar-refractivity contribution in [2.24, 2.45) is 11.8 Å². The zero-order valence-electron chi connectivity index (χ0n) is 13.3. The minimum atomic E-state index is -0.673. The first-order valence-electron chi connectivity index (χ1n) is 7.62. The van der Waals surface area contributed by atoms with Gasteiger partial charge in [0.1, 0.15) is 11.3 Å². The van der Waals surface area contributed by atoms with Crippen LogP contribution in [0.5, 0.6) is 5.75 Å². The molecule has 2 rings (SSSR count). The van der Waals surface area contributed by atoms with Crippen molar-refractivity contribution < 1.29 is 19.4 Å². The smallest absolute Gasteiger partial charge is 0.342 e. The Hall–Kier alpha value is -2.04. The number of aromatic hydroxyl groups is 1. The summed E-state index contributed by atoms with van der Waals surface area (Å²) < 4.78 is 5.06. The lowest BCUT2D eigenvalue weighted by atomic mass is 9.92. The Bertz CT molecular complexity index is 560. The third kappa shape index (κ3) is 3.78. The van der Waals surface area contributed by atoms with E-state index in [0.29, 0.717) is 30.5 Å². The molecule has 1 aromatic carbocycles. The molecule has 0 radical (unpaired) electrons. The van der Waals surface area contributed by atoms with Gasteiger partial charge in [0, 0.05) is 13.1 Å². The molecular formula is C17H23NO4. The SMILES string of the molecule is Cc1cccc(C(=O)OCC(=O)N2C[C@@H](C)C[C@H](C)C2)c1O. The van der Waals surface area contributed by atoms with Crippen LogP contribution in [0.4, 0.5) is 0 Å². The molecule has 1 heterocycles. The van der Waals surface area contributed by atoms with Crippen molar-refractivity contribution in [1.82, 2.24) is 4.90 Å². The van der Waals surface area contributed by atoms with Gasteiger partial charge in [-0.25, -0.2) is 4.79 Å². The summed E-state index contributed by atoms with van der Waals surface area (Å²) in [5.41, 5.74) is 0.688. The number of carbonyl (C=O) groups is 2. The second-order valence-corrected chi connectivity index (χ2v) is 6.29. The maximum Gasteiger partial charge on any atom is 0.342 e. The number of likely N-dealkylation sites (tertiary alicyclic amines) is 1. The Balaban J connectivity index is 1.93. The largest absolute Gasteiger partial charge is 0.507 e. The first-order valence-corrected chi connectivity index (χ1v) is 7.62. The molecule has 120 valence electrons. The highest BCUT2D eigenvalue weighted by Crippen LogP contribution is 2.23. The Kier molecular flexibility index (Phi) is 5.06. The van der Waals surface area contributed by atoms with E-state index >= 15 is 0 Å². The summed E-state index contributed by atoms with van der Waals surface area (Å²) in [6.07, 6.45) is 1.11. The summed E-state index contributed by atoms with van der Waals surface area (Å²) in [7, 11) is 0. The Morgan fingerprint density at radius 1 is 1.27 bits per heavy atom. The number of amides is 1. The summed E-state index contributed by atoms with van der Waals surface area (Å²) in [5.74, 6) is -0.0276. The van der Waals surface area contributed by atoms with E-state index in [1.54, 1.807) is 24.0 Å². The molecule has 1 N–H and O–H groups in total. The number of phenols is 1. The molecule has 0 unspecified atom stereocenters. The number of aryl methyl sites for hydroxylation is 1. The van der Waals surface area contributed by atoms with Gasteiger partial charge in [-0.1, -0.05) is 26.0 Å². The Morgan fingerprint density at radius 3 is 2.55 bits per heavy atom. The molecule has 1 aliphatic heterocycles. The third-order valence-electron chi connectivity index (χ3n) is 4.01. The van der Waals surface area contributed by atoms with Gasteiger partial charge < -0.3 is 14.7 Å². The highest BCUT2D eigenvalue weighted by atomic mass is 16.5. The summed E-state index contributed by atoms with van der Waals surface area (Å²) >= 11 is 0. The number of nitrogens with zero attached hydrogens (tertiary/aromatic N) is 1. The van der Waals surface area contributed by atoms with Crippen molar-refractivity contribution >= 4 is 11.9 Å². The van der Waals surface area contributed by atoms with Crippen molar-refractivity contribution in [3.8, 4) is 5.75 Å². The number of rotatable bonds is 3. The van der Waals surface area contributed by atoms with E-state index in [2.05, 4.69) is 13.8 Å². The van der Waals surface area contributed by atoms with Crippen LogP contribution >= 0.6 is 0 Å². The summed E-state index contributed by atoms with van der Waals surface area (Å²) in [6.45, 7) is 7.06. The first kappa shape index (κ1) is 16.3. The minimum absolute atomic E-state index is 0.0909. The number of phenolic OH excluding ortho intramolecular Hbond substituents is 1. The van der Waals surface area contributed by atoms with Crippen molar-refractivity contribution in [3.63, 3.8) is 0 Å². The number of benzene rings is 1. The molecule has 0 saturated carbocycles. The number of hydrogen-bond donors (Lipinski definition) is 1. The van der Waals surface area contributed by atoms with Gasteiger partial charge >= 0.3 is 5.97 Å². The van der Waals surface area contributed by atoms with E-state index in [9.17, 15) is 14.7 Å². The predicted octanol–water partition coefficient (Wildman–Crippen LogP) is 2.36. The summed E-state index contributed by atoms with van der Waals surface area (Å²) in [6, 6.07) is 4.86. The second kappa shape index (κ2) is 6.81. The maximum atomic E-state index is 12.2. The molecule has 1 fully saturated rings. The van der Waals surface area contributed by atoms with E-state index in [0.717, 1.165) is 6.42 Å². The lowest BCUT2D eigenvalue weighted by molar-refractivity contribution is -0.137. The van der Waals surface area contributed by atoms with E-state index < -0.39 is 5.97 Å². The summed E-state index contributed by atoms with van der Waals surface area (Å²) in [5, 5.41) is 9.86. The number of piperidine rings is 1. The van der Waals surface area contributed by atoms with Crippen molar-refractivity contribution in [3.05, 3.63) is 29.3 Å². The van der Waals surface area contributed by atoms with Gasteiger partial charge in [0.15, 0.2) is 6.61 Å². The second-order valence-electron chi connectivity index (χ2n) is 6.29. The van der Waals surface area contributed by atoms with Crippen molar-refractivity contribution in [2.75, 3.05) is 19.7 Å². The van der Waals surface area contributed by atoms with Gasteiger partial charge in [-0.2, -0.15) is 0 Å². The number of carbonyl (C=O) groups excluding carboxylic acids is 2. The van der Waals surface area contributed by atoms with Crippen LogP contribution in [0.15, 0.2) is 18.2 Å². The third-order valence-corrected chi connectivity index (χ3v) is 4.01. The molecule has 0 aliphatic carbocycles. The summed E-state index contributed by atoms with van der Waals surface area (Å²) in [4.78, 5) is 25.9. The molecule has 1 aromatic rings. The van der Waals surface area contributed by atoms with Gasteiger partial charge in [-0.15, -0.1) is 0 Å². The molecule has 22 heavy (non-hydrogen) atoms. The molecule has 0 bridgehead atoms. The van der Waals surface area contributed by atoms with Crippen LogP contribution < -0.4 is 0 Å². The van der Waals surface area contributed by atoms with Gasteiger partial charge in [0.05, 0.1) is 0 Å². The fraction of sp³-hybridized carbons (Fsp3) is 0.529. The predicted molar refractivity (Wildman–Crippen MR) is 82.7 cm³/mol. The zero-order chi connectivity index (χ0) is 16.3. The van der Waals surface area contributed by atoms with Crippen LogP contribution in [-0.4, -0.2) is 41.6 Å². The first-order chi connectivity index (χ1) is 10.4. The van der Waals surface area contributed by atoms with Crippen LogP contribution in [-0.2, 0) is 9.53 Å². The van der Waals surface area contributed by atoms with E-state index in [1.807, 2.05) is 0 Å². The molecule has 1 aliphatic rings. The number of hydrogen-bond acceptors (Lipinski definition) is 4. The molecule has 5 heteroatoms. The Morgan fingerprint density at radius 2 is 1.91 bits per heavy atom. The standard InChI is InChI=1S/C17H23NO4/c1-11-7-12(2)9-18(8-11)15(19)10-22-17(21)14-6-4-5-13(3)16(14)20/h4-6,11-12,20H,7-10H2,1-3H3/t11-,12-/m0/s1. The van der Waals surface area contributed by atoms with Gasteiger partial charge in [0.25, 0.3) is 5.91 Å². The monoisotopic (exact) mass is 305 g/mol. The molecule has 1 saturated heterocycles. The maximum absolute atomic E-state index is 12.2. The lowest BCUT2D eigenvalue weighted by Crippen LogP contribution is -2.44. The van der Waals surface area contributed by atoms with E-state index in [-0.39, 0.29) is 23.8 Å². The molecule has 1 amide bonds. The minimum Gasteiger partial charge on any atom is -0.507 e. The normalized spacial score (nSPS) is 21.5. The quantitative estimate of drug-likeness (QED) is 0.871. The molecule has 0 aromatic heterocycles. The average Bonchev–Trinajstić information content (AvgIpc) is 2.46. The number of esters is 1. The van der Waals surface area contributed by atoms with E-state index in [4.69, 9.17) is 4.74 Å². The highest BCUT2D eigenvalue weighted by Gasteiger charge is 2.26. The van der Waals surface area contributed by atoms with Crippen molar-refractivity contribution in [2.45, 2.75) is 27.2 Å². The Labute approximate surface area is 130 Å². The molecule has 0 spiro atoms. The van der Waals surface area contributed by atoms with Crippen molar-refractivity contribution in [1.29, 1.82) is 0 Å². The zero-order valence-corrected chi connectivity index (χ0v) is 13.3. The van der Waals surface area contributed by atoms with Gasteiger partial charge in [0.2, 0.25) is 0 Å². The van der Waals surface area contributed by atoms with Gasteiger partial charge in [-0.05, 0) is 36.8 Å². The van der Waals surface area contributed by atoms with Crippen LogP contribution in [0.25, 0.3) is 0 Å². The number of ether oxygens (including phenoxy) is 1. The van der Waals surface area contributed by atoms with Crippen LogP contribution in [0.3, 0.4) is 0 Å². The average molecular weight is 305 g/mol. The van der Waals surface area contributed by atoms with Gasteiger partial charge in [-0.3, -0.25) is 4.79 Å². The molecular weight excluding hydrogens is 282 g/mol. The van der Waals surface area contributed by atoms with Crippen LogP contribution in [0.2, 0.25) is 0 Å². The topological polar surface area (TPSA) is 66.8 Å².